The van der Waals surface area contributed by atoms with Crippen LogP contribution in [0.1, 0.15) is 52.4 Å². The lowest BCUT2D eigenvalue weighted by Crippen LogP contribution is -2.47. The highest BCUT2D eigenvalue weighted by Crippen LogP contribution is 2.26. The Hall–Kier alpha value is -1.64. The maximum Gasteiger partial charge on any atom is 0.309 e. The molecular weight excluding hydrogens is 440 g/mol. The summed E-state index contributed by atoms with van der Waals surface area (Å²) in [5.41, 5.74) is 0. The van der Waals surface area contributed by atoms with Gasteiger partial charge in [0.05, 0.1) is 10.8 Å². The van der Waals surface area contributed by atoms with Crippen molar-refractivity contribution in [3.05, 3.63) is 29.3 Å². The molecule has 0 radical (unpaired) electrons. The van der Waals surface area contributed by atoms with Gasteiger partial charge in [-0.05, 0) is 62.8 Å². The highest BCUT2D eigenvalue weighted by atomic mass is 35.5. The monoisotopic (exact) mass is 470 g/mol. The van der Waals surface area contributed by atoms with Gasteiger partial charge in [0.25, 0.3) is 5.91 Å². The van der Waals surface area contributed by atoms with Crippen LogP contribution in [0.15, 0.2) is 29.2 Å². The van der Waals surface area contributed by atoms with E-state index in [4.69, 9.17) is 16.3 Å². The summed E-state index contributed by atoms with van der Waals surface area (Å²) in [6.07, 6.45) is 4.19. The number of amides is 1. The first kappa shape index (κ1) is 24.0. The van der Waals surface area contributed by atoms with Crippen LogP contribution in [-0.2, 0) is 24.3 Å². The quantitative estimate of drug-likeness (QED) is 0.643. The van der Waals surface area contributed by atoms with Crippen molar-refractivity contribution in [3.8, 4) is 0 Å². The number of hydrogen-bond donors (Lipinski definition) is 1. The van der Waals surface area contributed by atoms with Gasteiger partial charge in [0.1, 0.15) is 0 Å². The largest absolute Gasteiger partial charge is 0.452 e. The second kappa shape index (κ2) is 10.3. The summed E-state index contributed by atoms with van der Waals surface area (Å²) in [5, 5.41) is 3.48. The number of ether oxygens (including phenoxy) is 1. The standard InChI is InChI=1S/C22H31ClN2O5S/c1-15-5-3-4-6-20(15)24-21(26)16(2)30-22(27)17-11-13-25(14-12-17)31(28,29)19-9-7-18(23)8-10-19/h7-10,15-17,20H,3-6,11-14H2,1-2H3,(H,24,26)/t15-,16+,20-/m0/s1. The lowest BCUT2D eigenvalue weighted by molar-refractivity contribution is -0.160. The maximum absolute atomic E-state index is 12.8. The zero-order valence-corrected chi connectivity index (χ0v) is 19.6. The van der Waals surface area contributed by atoms with Crippen LogP contribution in [0.4, 0.5) is 0 Å². The minimum Gasteiger partial charge on any atom is -0.452 e. The van der Waals surface area contributed by atoms with Crippen LogP contribution in [0.2, 0.25) is 5.02 Å². The summed E-state index contributed by atoms with van der Waals surface area (Å²) in [7, 11) is -3.63. The third kappa shape index (κ3) is 5.99. The van der Waals surface area contributed by atoms with Crippen LogP contribution in [0, 0.1) is 11.8 Å². The molecule has 2 aliphatic rings. The van der Waals surface area contributed by atoms with Crippen molar-refractivity contribution in [1.29, 1.82) is 0 Å². The molecule has 9 heteroatoms. The van der Waals surface area contributed by atoms with E-state index in [-0.39, 0.29) is 29.9 Å². The van der Waals surface area contributed by atoms with Gasteiger partial charge in [-0.1, -0.05) is 31.4 Å². The molecule has 0 unspecified atom stereocenters. The third-order valence-electron chi connectivity index (χ3n) is 6.34. The number of rotatable bonds is 6. The lowest BCUT2D eigenvalue weighted by Gasteiger charge is -2.32. The van der Waals surface area contributed by atoms with Crippen molar-refractivity contribution in [2.24, 2.45) is 11.8 Å². The van der Waals surface area contributed by atoms with E-state index in [2.05, 4.69) is 12.2 Å². The lowest BCUT2D eigenvalue weighted by atomic mass is 9.86. The van der Waals surface area contributed by atoms with Gasteiger partial charge in [0, 0.05) is 24.2 Å². The zero-order valence-electron chi connectivity index (χ0n) is 18.1. The zero-order chi connectivity index (χ0) is 22.6. The van der Waals surface area contributed by atoms with E-state index in [9.17, 15) is 18.0 Å². The smallest absolute Gasteiger partial charge is 0.309 e. The number of sulfonamides is 1. The van der Waals surface area contributed by atoms with Gasteiger partial charge in [-0.15, -0.1) is 0 Å². The molecule has 7 nitrogen and oxygen atoms in total. The molecular formula is C22H31ClN2O5S. The Kier molecular flexibility index (Phi) is 7.99. The summed E-state index contributed by atoms with van der Waals surface area (Å²) in [5.74, 6) is -0.703. The molecule has 2 fully saturated rings. The van der Waals surface area contributed by atoms with Crippen molar-refractivity contribution in [2.75, 3.05) is 13.1 Å². The van der Waals surface area contributed by atoms with E-state index >= 15 is 0 Å². The summed E-state index contributed by atoms with van der Waals surface area (Å²) in [4.78, 5) is 25.2. The van der Waals surface area contributed by atoms with Crippen molar-refractivity contribution in [2.45, 2.75) is 69.4 Å². The molecule has 172 valence electrons. The van der Waals surface area contributed by atoms with Crippen LogP contribution in [0.25, 0.3) is 0 Å². The SMILES string of the molecule is C[C@@H](OC(=O)C1CCN(S(=O)(=O)c2ccc(Cl)cc2)CC1)C(=O)N[C@H]1CCCC[C@@H]1C. The van der Waals surface area contributed by atoms with Gasteiger partial charge in [-0.25, -0.2) is 8.42 Å². The van der Waals surface area contributed by atoms with Crippen LogP contribution in [0.3, 0.4) is 0 Å². The van der Waals surface area contributed by atoms with Gasteiger partial charge in [0.15, 0.2) is 6.10 Å². The Bertz CT molecular complexity index is 882. The van der Waals surface area contributed by atoms with Crippen molar-refractivity contribution < 1.29 is 22.7 Å². The van der Waals surface area contributed by atoms with Gasteiger partial charge < -0.3 is 10.1 Å². The molecule has 0 bridgehead atoms. The van der Waals surface area contributed by atoms with Gasteiger partial charge in [-0.3, -0.25) is 9.59 Å². The second-order valence-corrected chi connectivity index (χ2v) is 11.0. The fourth-order valence-corrected chi connectivity index (χ4v) is 5.84. The molecule has 1 N–H and O–H groups in total. The van der Waals surface area contributed by atoms with Crippen LogP contribution >= 0.6 is 11.6 Å². The van der Waals surface area contributed by atoms with E-state index in [0.717, 1.165) is 19.3 Å². The Morgan fingerprint density at radius 1 is 1.10 bits per heavy atom. The normalized spacial score (nSPS) is 24.4. The summed E-state index contributed by atoms with van der Waals surface area (Å²) in [6, 6.07) is 6.17. The molecule has 0 spiro atoms. The number of hydrogen-bond acceptors (Lipinski definition) is 5. The van der Waals surface area contributed by atoms with E-state index in [1.54, 1.807) is 19.1 Å². The minimum atomic E-state index is -3.63. The number of nitrogens with one attached hydrogen (secondary N) is 1. The molecule has 1 saturated carbocycles. The first-order valence-corrected chi connectivity index (χ1v) is 12.8. The molecule has 1 amide bonds. The highest BCUT2D eigenvalue weighted by Gasteiger charge is 2.34. The number of carbonyl (C=O) groups is 2. The fraction of sp³-hybridized carbons (Fsp3) is 0.636. The minimum absolute atomic E-state index is 0.128. The van der Waals surface area contributed by atoms with Gasteiger partial charge in [0.2, 0.25) is 10.0 Å². The average molecular weight is 471 g/mol. The molecule has 1 heterocycles. The van der Waals surface area contributed by atoms with Gasteiger partial charge >= 0.3 is 5.97 Å². The Balaban J connectivity index is 1.49. The Labute approximate surface area is 189 Å². The molecule has 0 aromatic heterocycles. The molecule has 1 aromatic carbocycles. The summed E-state index contributed by atoms with van der Waals surface area (Å²) in [6.45, 7) is 4.17. The number of nitrogens with zero attached hydrogens (tertiary/aromatic N) is 1. The van der Waals surface area contributed by atoms with E-state index in [1.165, 1.54) is 22.9 Å². The number of benzene rings is 1. The number of piperidine rings is 1. The van der Waals surface area contributed by atoms with Crippen molar-refractivity contribution in [1.82, 2.24) is 9.62 Å². The molecule has 31 heavy (non-hydrogen) atoms. The van der Waals surface area contributed by atoms with E-state index in [0.29, 0.717) is 23.8 Å². The molecule has 1 aliphatic heterocycles. The van der Waals surface area contributed by atoms with E-state index < -0.39 is 28.0 Å². The molecule has 1 aliphatic carbocycles. The summed E-state index contributed by atoms with van der Waals surface area (Å²) >= 11 is 5.84. The van der Waals surface area contributed by atoms with E-state index in [1.807, 2.05) is 0 Å². The van der Waals surface area contributed by atoms with Crippen LogP contribution in [0.5, 0.6) is 0 Å². The van der Waals surface area contributed by atoms with Gasteiger partial charge in [-0.2, -0.15) is 4.31 Å². The van der Waals surface area contributed by atoms with Crippen molar-refractivity contribution >= 4 is 33.5 Å². The van der Waals surface area contributed by atoms with Crippen LogP contribution in [-0.4, -0.2) is 49.8 Å². The first-order valence-electron chi connectivity index (χ1n) is 10.9. The van der Waals surface area contributed by atoms with Crippen molar-refractivity contribution in [3.63, 3.8) is 0 Å². The Morgan fingerprint density at radius 2 is 1.71 bits per heavy atom. The number of halogens is 1. The fourth-order valence-electron chi connectivity index (χ4n) is 4.24. The highest BCUT2D eigenvalue weighted by molar-refractivity contribution is 7.89. The third-order valence-corrected chi connectivity index (χ3v) is 8.50. The Morgan fingerprint density at radius 3 is 2.32 bits per heavy atom. The molecule has 3 atom stereocenters. The second-order valence-electron chi connectivity index (χ2n) is 8.59. The number of carbonyl (C=O) groups excluding carboxylic acids is 2. The predicted molar refractivity (Wildman–Crippen MR) is 118 cm³/mol. The van der Waals surface area contributed by atoms with Crippen LogP contribution < -0.4 is 5.32 Å². The molecule has 1 saturated heterocycles. The first-order chi connectivity index (χ1) is 14.7. The average Bonchev–Trinajstić information content (AvgIpc) is 2.75. The summed E-state index contributed by atoms with van der Waals surface area (Å²) < 4.78 is 32.3. The maximum atomic E-state index is 12.8. The predicted octanol–water partition coefficient (Wildman–Crippen LogP) is 3.37. The number of esters is 1. The topological polar surface area (TPSA) is 92.8 Å². The molecule has 3 rings (SSSR count). The molecule has 1 aromatic rings.